The zero-order valence-corrected chi connectivity index (χ0v) is 21.2. The summed E-state index contributed by atoms with van der Waals surface area (Å²) in [5.41, 5.74) is -0.0377. The molecule has 1 unspecified atom stereocenters. The van der Waals surface area contributed by atoms with E-state index in [1.807, 2.05) is 24.3 Å². The predicted molar refractivity (Wildman–Crippen MR) is 143 cm³/mol. The number of anilines is 5. The fourth-order valence-electron chi connectivity index (χ4n) is 4.07. The molecule has 0 saturated heterocycles. The minimum absolute atomic E-state index is 0.185. The third-order valence-electron chi connectivity index (χ3n) is 6.07. The first-order valence-electron chi connectivity index (χ1n) is 12.0. The quantitative estimate of drug-likeness (QED) is 0.192. The van der Waals surface area contributed by atoms with E-state index in [2.05, 4.69) is 25.9 Å². The smallest absolute Gasteiger partial charge is 0.369 e. The van der Waals surface area contributed by atoms with Crippen molar-refractivity contribution in [3.63, 3.8) is 0 Å². The molecule has 1 aliphatic rings. The number of nitrogens with one attached hydrogen (secondary N) is 4. The van der Waals surface area contributed by atoms with Crippen molar-refractivity contribution < 1.29 is 22.0 Å². The molecule has 0 radical (unpaired) electrons. The number of hydrogen-bond acceptors (Lipinski definition) is 6. The molecular weight excluding hydrogens is 535 g/mol. The lowest BCUT2D eigenvalue weighted by Gasteiger charge is -2.15. The van der Waals surface area contributed by atoms with E-state index in [0.717, 1.165) is 29.2 Å². The highest BCUT2D eigenvalue weighted by Gasteiger charge is 2.31. The Labute approximate surface area is 223 Å². The molecule has 0 amide bonds. The van der Waals surface area contributed by atoms with Crippen molar-refractivity contribution in [3.8, 4) is 11.1 Å². The van der Waals surface area contributed by atoms with Gasteiger partial charge in [0.25, 0.3) is 0 Å². The number of rotatable bonds is 3. The van der Waals surface area contributed by atoms with Crippen LogP contribution in [0.15, 0.2) is 71.8 Å². The molecular formula is C27H23F5N6S. The van der Waals surface area contributed by atoms with Gasteiger partial charge >= 0.3 is 6.18 Å². The first kappa shape index (κ1) is 26.5. The summed E-state index contributed by atoms with van der Waals surface area (Å²) in [6.07, 6.45) is -1.48. The molecule has 1 aromatic heterocycles. The monoisotopic (exact) mass is 558 g/mol. The topological polar surface area (TPSA) is 85.7 Å². The molecule has 4 N–H and O–H groups in total. The predicted octanol–water partition coefficient (Wildman–Crippen LogP) is 7.87. The summed E-state index contributed by atoms with van der Waals surface area (Å²) in [4.78, 5) is 9.88. The van der Waals surface area contributed by atoms with Gasteiger partial charge in [-0.15, -0.1) is 0 Å². The van der Waals surface area contributed by atoms with Gasteiger partial charge in [-0.25, -0.2) is 13.8 Å². The lowest BCUT2D eigenvalue weighted by Crippen LogP contribution is -2.08. The summed E-state index contributed by atoms with van der Waals surface area (Å²) in [7, 11) is -0.635. The molecule has 5 rings (SSSR count). The molecule has 4 bridgehead atoms. The SMILES string of the molecule is N=S1CCCCNc2nc(ncc2-c2ccc(Nc3cc(C(F)(F)F)ccc3F)c(F)c2)Nc2cccc1c2. The van der Waals surface area contributed by atoms with Crippen LogP contribution in [0.25, 0.3) is 11.1 Å². The second-order valence-corrected chi connectivity index (χ2v) is 10.5. The van der Waals surface area contributed by atoms with E-state index in [1.165, 1.54) is 12.1 Å². The molecule has 12 heteroatoms. The van der Waals surface area contributed by atoms with Crippen molar-refractivity contribution in [1.29, 1.82) is 4.78 Å². The van der Waals surface area contributed by atoms with Crippen molar-refractivity contribution in [2.45, 2.75) is 23.9 Å². The van der Waals surface area contributed by atoms with Crippen molar-refractivity contribution in [2.75, 3.05) is 28.2 Å². The fourth-order valence-corrected chi connectivity index (χ4v) is 5.31. The molecule has 0 saturated carbocycles. The Kier molecular flexibility index (Phi) is 7.47. The fraction of sp³-hybridized carbons (Fsp3) is 0.185. The summed E-state index contributed by atoms with van der Waals surface area (Å²) in [6, 6.07) is 13.6. The number of aromatic nitrogens is 2. The molecule has 4 aromatic rings. The van der Waals surface area contributed by atoms with Crippen LogP contribution in [-0.2, 0) is 16.9 Å². The molecule has 202 valence electrons. The van der Waals surface area contributed by atoms with Gasteiger partial charge in [-0.05, 0) is 66.9 Å². The molecule has 0 fully saturated rings. The van der Waals surface area contributed by atoms with Gasteiger partial charge in [-0.1, -0.05) is 22.8 Å². The summed E-state index contributed by atoms with van der Waals surface area (Å²) in [5.74, 6) is -0.213. The Morgan fingerprint density at radius 1 is 0.923 bits per heavy atom. The van der Waals surface area contributed by atoms with Gasteiger partial charge in [0.05, 0.1) is 16.9 Å². The van der Waals surface area contributed by atoms with E-state index in [-0.39, 0.29) is 5.69 Å². The van der Waals surface area contributed by atoms with Gasteiger partial charge in [0, 0.05) is 34.6 Å². The first-order chi connectivity index (χ1) is 18.7. The summed E-state index contributed by atoms with van der Waals surface area (Å²) in [5, 5.41) is 8.84. The van der Waals surface area contributed by atoms with E-state index >= 15 is 4.39 Å². The summed E-state index contributed by atoms with van der Waals surface area (Å²) >= 11 is 0. The van der Waals surface area contributed by atoms with Crippen LogP contribution in [0.5, 0.6) is 0 Å². The van der Waals surface area contributed by atoms with Crippen LogP contribution in [0.3, 0.4) is 0 Å². The van der Waals surface area contributed by atoms with Gasteiger partial charge < -0.3 is 16.0 Å². The van der Waals surface area contributed by atoms with Crippen LogP contribution in [0.2, 0.25) is 0 Å². The van der Waals surface area contributed by atoms with Crippen molar-refractivity contribution in [3.05, 3.63) is 84.1 Å². The summed E-state index contributed by atoms with van der Waals surface area (Å²) < 4.78 is 76.8. The number of fused-ring (bicyclic) bond motifs is 4. The van der Waals surface area contributed by atoms with E-state index < -0.39 is 39.8 Å². The standard InChI is InChI=1S/C27H23F5N6S/c28-21-8-7-17(27(30,31)32)13-24(21)37-23-9-6-16(12-22(23)29)20-15-35-26-36-18-4-3-5-19(14-18)39(33)11-2-1-10-34-25(20)38-26/h3-9,12-15,33,37H,1-2,10-11H2,(H2,34,35,36,38). The maximum atomic E-state index is 15.1. The zero-order chi connectivity index (χ0) is 27.6. The Morgan fingerprint density at radius 3 is 2.56 bits per heavy atom. The van der Waals surface area contributed by atoms with Crippen LogP contribution in [0.1, 0.15) is 18.4 Å². The maximum absolute atomic E-state index is 15.1. The highest BCUT2D eigenvalue weighted by Crippen LogP contribution is 2.35. The van der Waals surface area contributed by atoms with E-state index in [1.54, 1.807) is 12.3 Å². The van der Waals surface area contributed by atoms with Crippen LogP contribution < -0.4 is 16.0 Å². The van der Waals surface area contributed by atoms with Crippen molar-refractivity contribution in [2.24, 2.45) is 0 Å². The molecule has 39 heavy (non-hydrogen) atoms. The normalized spacial score (nSPS) is 15.7. The molecule has 6 nitrogen and oxygen atoms in total. The number of hydrogen-bond donors (Lipinski definition) is 4. The number of halogens is 5. The van der Waals surface area contributed by atoms with Gasteiger partial charge in [0.2, 0.25) is 5.95 Å². The largest absolute Gasteiger partial charge is 0.416 e. The van der Waals surface area contributed by atoms with Crippen molar-refractivity contribution >= 4 is 39.5 Å². The third kappa shape index (κ3) is 6.17. The Balaban J connectivity index is 1.44. The van der Waals surface area contributed by atoms with Crippen molar-refractivity contribution in [1.82, 2.24) is 9.97 Å². The van der Waals surface area contributed by atoms with Crippen LogP contribution in [-0.4, -0.2) is 22.3 Å². The van der Waals surface area contributed by atoms with Crippen LogP contribution in [0, 0.1) is 16.4 Å². The zero-order valence-electron chi connectivity index (χ0n) is 20.4. The van der Waals surface area contributed by atoms with Gasteiger partial charge in [-0.2, -0.15) is 18.2 Å². The van der Waals surface area contributed by atoms with Gasteiger partial charge in [0.15, 0.2) is 0 Å². The molecule has 1 atom stereocenters. The number of benzene rings is 3. The van der Waals surface area contributed by atoms with Crippen LogP contribution in [0.4, 0.5) is 50.8 Å². The Bertz CT molecular complexity index is 1540. The minimum Gasteiger partial charge on any atom is -0.369 e. The lowest BCUT2D eigenvalue weighted by molar-refractivity contribution is -0.137. The third-order valence-corrected chi connectivity index (χ3v) is 7.59. The van der Waals surface area contributed by atoms with Gasteiger partial charge in [0.1, 0.15) is 17.5 Å². The molecule has 2 heterocycles. The summed E-state index contributed by atoms with van der Waals surface area (Å²) in [6.45, 7) is 0.579. The average molecular weight is 559 g/mol. The highest BCUT2D eigenvalue weighted by atomic mass is 32.2. The Morgan fingerprint density at radius 2 is 1.77 bits per heavy atom. The molecule has 0 aliphatic carbocycles. The van der Waals surface area contributed by atoms with E-state index in [4.69, 9.17) is 4.78 Å². The molecule has 3 aromatic carbocycles. The second kappa shape index (κ2) is 11.0. The minimum atomic E-state index is -4.67. The lowest BCUT2D eigenvalue weighted by atomic mass is 10.1. The average Bonchev–Trinajstić information content (AvgIpc) is 2.90. The maximum Gasteiger partial charge on any atom is 0.416 e. The highest BCUT2D eigenvalue weighted by molar-refractivity contribution is 7.86. The number of alkyl halides is 3. The van der Waals surface area contributed by atoms with Crippen LogP contribution >= 0.6 is 0 Å². The second-order valence-electron chi connectivity index (χ2n) is 8.85. The first-order valence-corrected chi connectivity index (χ1v) is 13.4. The number of nitrogens with zero attached hydrogens (tertiary/aromatic N) is 2. The molecule has 0 spiro atoms. The Hall–Kier alpha value is -4.06. The van der Waals surface area contributed by atoms with E-state index in [0.29, 0.717) is 47.6 Å². The molecule has 1 aliphatic heterocycles. The van der Waals surface area contributed by atoms with E-state index in [9.17, 15) is 17.6 Å². The van der Waals surface area contributed by atoms with Gasteiger partial charge in [-0.3, -0.25) is 4.78 Å².